The molecule has 1 N–H and O–H groups in total. The number of hydrogen-bond acceptors (Lipinski definition) is 5. The zero-order valence-electron chi connectivity index (χ0n) is 22.7. The van der Waals surface area contributed by atoms with Gasteiger partial charge in [0.25, 0.3) is 0 Å². The molecule has 210 valence electrons. The van der Waals surface area contributed by atoms with Gasteiger partial charge in [0.15, 0.2) is 0 Å². The summed E-state index contributed by atoms with van der Waals surface area (Å²) in [6.07, 6.45) is 1.61. The molecule has 4 rings (SSSR count). The number of unbranched alkanes of at least 4 members (excludes halogenated alkanes) is 1. The molecule has 0 radical (unpaired) electrons. The summed E-state index contributed by atoms with van der Waals surface area (Å²) < 4.78 is 19.0. The van der Waals surface area contributed by atoms with E-state index >= 15 is 0 Å². The maximum Gasteiger partial charge on any atom is 0.334 e. The fraction of sp³-hybridized carbons (Fsp3) is 0.483. The number of nitrogens with zero attached hydrogens (tertiary/aromatic N) is 4. The van der Waals surface area contributed by atoms with Crippen LogP contribution in [-0.4, -0.2) is 82.7 Å². The van der Waals surface area contributed by atoms with E-state index in [1.165, 1.54) is 12.1 Å². The van der Waals surface area contributed by atoms with Crippen molar-refractivity contribution in [2.75, 3.05) is 32.8 Å². The van der Waals surface area contributed by atoms with E-state index in [0.717, 1.165) is 24.0 Å². The monoisotopic (exact) mass is 539 g/mol. The lowest BCUT2D eigenvalue weighted by Gasteiger charge is -2.55. The van der Waals surface area contributed by atoms with Crippen LogP contribution in [0.5, 0.6) is 0 Å². The predicted octanol–water partition coefficient (Wildman–Crippen LogP) is 3.36. The number of likely N-dealkylation sites (N-methyl/N-ethyl adjacent to an activating group) is 1. The number of hydrazine groups is 1. The van der Waals surface area contributed by atoms with Gasteiger partial charge in [-0.2, -0.15) is 0 Å². The Labute approximate surface area is 229 Å². The number of halogens is 1. The summed E-state index contributed by atoms with van der Waals surface area (Å²) in [5.74, 6) is -0.565. The Morgan fingerprint density at radius 2 is 1.79 bits per heavy atom. The molecule has 2 aromatic rings. The molecular weight excluding hydrogens is 501 g/mol. The molecule has 2 heterocycles. The molecule has 0 spiro atoms. The molecule has 2 aliphatic heterocycles. The summed E-state index contributed by atoms with van der Waals surface area (Å²) in [5.41, 5.74) is 1.81. The van der Waals surface area contributed by atoms with Gasteiger partial charge in [-0.15, -0.1) is 0 Å². The van der Waals surface area contributed by atoms with Crippen molar-refractivity contribution >= 4 is 17.8 Å². The van der Waals surface area contributed by atoms with E-state index in [2.05, 4.69) is 5.32 Å². The van der Waals surface area contributed by atoms with Crippen LogP contribution in [0, 0.1) is 5.82 Å². The first kappa shape index (κ1) is 28.5. The van der Waals surface area contributed by atoms with Crippen LogP contribution in [-0.2, 0) is 27.5 Å². The van der Waals surface area contributed by atoms with Gasteiger partial charge < -0.3 is 19.9 Å². The van der Waals surface area contributed by atoms with Crippen molar-refractivity contribution in [1.29, 1.82) is 0 Å². The SMILES string of the molecule is CCCC[C@H]1C(=O)N(CCOCc2ccc(F)cc2)C[C@H]2N1C(=O)CN(CC)N2C(=O)NCc1ccccc1. The van der Waals surface area contributed by atoms with Gasteiger partial charge >= 0.3 is 6.03 Å². The molecule has 0 bridgehead atoms. The Balaban J connectivity index is 1.49. The number of carbonyl (C=O) groups is 3. The van der Waals surface area contributed by atoms with E-state index in [4.69, 9.17) is 4.74 Å². The van der Waals surface area contributed by atoms with Crippen LogP contribution >= 0.6 is 0 Å². The largest absolute Gasteiger partial charge is 0.375 e. The van der Waals surface area contributed by atoms with Gasteiger partial charge in [0, 0.05) is 19.6 Å². The van der Waals surface area contributed by atoms with Gasteiger partial charge in [-0.3, -0.25) is 9.59 Å². The average Bonchev–Trinajstić information content (AvgIpc) is 2.95. The first-order valence-electron chi connectivity index (χ1n) is 13.7. The number of ether oxygens (including phenoxy) is 1. The van der Waals surface area contributed by atoms with Crippen LogP contribution in [0.2, 0.25) is 0 Å². The fourth-order valence-electron chi connectivity index (χ4n) is 5.14. The topological polar surface area (TPSA) is 85.4 Å². The second-order valence-corrected chi connectivity index (χ2v) is 9.87. The number of rotatable bonds is 11. The van der Waals surface area contributed by atoms with Crippen molar-refractivity contribution in [3.63, 3.8) is 0 Å². The van der Waals surface area contributed by atoms with E-state index in [1.807, 2.05) is 44.2 Å². The van der Waals surface area contributed by atoms with E-state index in [0.29, 0.717) is 32.7 Å². The molecule has 2 fully saturated rings. The molecule has 0 saturated carbocycles. The molecule has 2 aliphatic rings. The number of amides is 4. The number of piperazine rings is 1. The highest BCUT2D eigenvalue weighted by atomic mass is 19.1. The van der Waals surface area contributed by atoms with E-state index < -0.39 is 12.2 Å². The lowest BCUT2D eigenvalue weighted by molar-refractivity contribution is -0.190. The van der Waals surface area contributed by atoms with Crippen molar-refractivity contribution in [1.82, 2.24) is 25.1 Å². The highest BCUT2D eigenvalue weighted by Gasteiger charge is 2.50. The molecule has 0 aromatic heterocycles. The summed E-state index contributed by atoms with van der Waals surface area (Å²) >= 11 is 0. The molecule has 2 saturated heterocycles. The maximum atomic E-state index is 13.6. The standard InChI is InChI=1S/C29H38FN5O4/c1-3-5-11-25-28(37)32(16-17-39-21-23-12-14-24(30)15-13-23)19-26-34(25)27(36)20-33(4-2)35(26)29(38)31-18-22-9-7-6-8-10-22/h6-10,12-15,25-26H,3-5,11,16-21H2,1-2H3,(H,31,38)/t25-,26-/m0/s1. The van der Waals surface area contributed by atoms with Gasteiger partial charge in [-0.1, -0.05) is 69.2 Å². The fourth-order valence-corrected chi connectivity index (χ4v) is 5.14. The van der Waals surface area contributed by atoms with Crippen molar-refractivity contribution in [2.24, 2.45) is 0 Å². The van der Waals surface area contributed by atoms with Gasteiger partial charge in [-0.05, 0) is 29.7 Å². The van der Waals surface area contributed by atoms with Crippen LogP contribution < -0.4 is 5.32 Å². The van der Waals surface area contributed by atoms with Gasteiger partial charge in [0.05, 0.1) is 26.3 Å². The smallest absolute Gasteiger partial charge is 0.334 e. The molecule has 39 heavy (non-hydrogen) atoms. The van der Waals surface area contributed by atoms with Crippen LogP contribution in [0.15, 0.2) is 54.6 Å². The third-order valence-corrected chi connectivity index (χ3v) is 7.21. The van der Waals surface area contributed by atoms with E-state index in [9.17, 15) is 18.8 Å². The molecule has 0 unspecified atom stereocenters. The number of carbonyl (C=O) groups excluding carboxylic acids is 3. The predicted molar refractivity (Wildman–Crippen MR) is 144 cm³/mol. The van der Waals surface area contributed by atoms with Crippen molar-refractivity contribution in [2.45, 2.75) is 58.5 Å². The van der Waals surface area contributed by atoms with Crippen molar-refractivity contribution < 1.29 is 23.5 Å². The lowest BCUT2D eigenvalue weighted by atomic mass is 10.0. The first-order chi connectivity index (χ1) is 18.9. The van der Waals surface area contributed by atoms with Crippen LogP contribution in [0.25, 0.3) is 0 Å². The molecule has 2 aromatic carbocycles. The number of hydrogen-bond donors (Lipinski definition) is 1. The summed E-state index contributed by atoms with van der Waals surface area (Å²) in [4.78, 5) is 43.8. The van der Waals surface area contributed by atoms with Gasteiger partial charge in [0.2, 0.25) is 11.8 Å². The van der Waals surface area contributed by atoms with Gasteiger partial charge in [0.1, 0.15) is 18.0 Å². The minimum absolute atomic E-state index is 0.0441. The molecule has 0 aliphatic carbocycles. The Bertz CT molecular complexity index is 1120. The van der Waals surface area contributed by atoms with Crippen molar-refractivity contribution in [3.8, 4) is 0 Å². The third-order valence-electron chi connectivity index (χ3n) is 7.21. The molecule has 10 heteroatoms. The molecular formula is C29H38FN5O4. The van der Waals surface area contributed by atoms with Crippen LogP contribution in [0.4, 0.5) is 9.18 Å². The minimum Gasteiger partial charge on any atom is -0.375 e. The van der Waals surface area contributed by atoms with Gasteiger partial charge in [-0.25, -0.2) is 19.2 Å². The second kappa shape index (κ2) is 13.5. The van der Waals surface area contributed by atoms with E-state index in [1.54, 1.807) is 32.0 Å². The number of fused-ring (bicyclic) bond motifs is 1. The molecule has 4 amide bonds. The summed E-state index contributed by atoms with van der Waals surface area (Å²) in [6, 6.07) is 14.8. The Morgan fingerprint density at radius 1 is 1.05 bits per heavy atom. The van der Waals surface area contributed by atoms with Crippen LogP contribution in [0.3, 0.4) is 0 Å². The van der Waals surface area contributed by atoms with Crippen molar-refractivity contribution in [3.05, 3.63) is 71.5 Å². The zero-order chi connectivity index (χ0) is 27.8. The second-order valence-electron chi connectivity index (χ2n) is 9.87. The average molecular weight is 540 g/mol. The third kappa shape index (κ3) is 6.93. The first-order valence-corrected chi connectivity index (χ1v) is 13.7. The lowest BCUT2D eigenvalue weighted by Crippen LogP contribution is -2.76. The van der Waals surface area contributed by atoms with E-state index in [-0.39, 0.29) is 43.4 Å². The Morgan fingerprint density at radius 3 is 2.49 bits per heavy atom. The highest BCUT2D eigenvalue weighted by molar-refractivity contribution is 5.91. The quantitative estimate of drug-likeness (QED) is 0.443. The molecule has 2 atom stereocenters. The normalized spacial score (nSPS) is 19.8. The number of nitrogens with one attached hydrogen (secondary N) is 1. The summed E-state index contributed by atoms with van der Waals surface area (Å²) in [7, 11) is 0. The number of urea groups is 1. The maximum absolute atomic E-state index is 13.6. The Hall–Kier alpha value is -3.50. The molecule has 9 nitrogen and oxygen atoms in total. The Kier molecular flexibility index (Phi) is 9.89. The minimum atomic E-state index is -0.628. The highest BCUT2D eigenvalue weighted by Crippen LogP contribution is 2.28. The number of benzene rings is 2. The summed E-state index contributed by atoms with van der Waals surface area (Å²) in [6.45, 7) is 5.93. The van der Waals surface area contributed by atoms with Crippen LogP contribution in [0.1, 0.15) is 44.2 Å². The zero-order valence-corrected chi connectivity index (χ0v) is 22.7. The summed E-state index contributed by atoms with van der Waals surface area (Å²) in [5, 5.41) is 6.35.